The van der Waals surface area contributed by atoms with Gasteiger partial charge in [-0.3, -0.25) is 4.79 Å². The molecule has 1 aliphatic rings. The Morgan fingerprint density at radius 3 is 2.59 bits per heavy atom. The molecule has 0 radical (unpaired) electrons. The van der Waals surface area contributed by atoms with Crippen LogP contribution in [-0.2, 0) is 6.54 Å². The van der Waals surface area contributed by atoms with E-state index in [1.165, 1.54) is 12.8 Å². The van der Waals surface area contributed by atoms with Crippen molar-refractivity contribution in [3.8, 4) is 0 Å². The van der Waals surface area contributed by atoms with Crippen molar-refractivity contribution in [1.82, 2.24) is 19.9 Å². The van der Waals surface area contributed by atoms with Gasteiger partial charge in [-0.2, -0.15) is 0 Å². The molecule has 1 saturated heterocycles. The Hall–Kier alpha value is -1.88. The Labute approximate surface area is 134 Å². The predicted octanol–water partition coefficient (Wildman–Crippen LogP) is 3.00. The molecule has 1 aliphatic heterocycles. The van der Waals surface area contributed by atoms with E-state index >= 15 is 0 Å². The third-order valence-corrected chi connectivity index (χ3v) is 4.31. The Balaban J connectivity index is 1.70. The van der Waals surface area contributed by atoms with Gasteiger partial charge < -0.3 is 4.90 Å². The topological polar surface area (TPSA) is 51.0 Å². The molecule has 0 N–H and O–H groups in total. The Bertz CT molecular complexity index is 647. The first kappa shape index (κ1) is 15.0. The van der Waals surface area contributed by atoms with E-state index in [0.717, 1.165) is 31.5 Å². The lowest BCUT2D eigenvalue weighted by Gasteiger charge is -2.18. The van der Waals surface area contributed by atoms with E-state index in [2.05, 4.69) is 10.3 Å². The summed E-state index contributed by atoms with van der Waals surface area (Å²) in [6, 6.07) is 7.61. The first-order valence-electron chi connectivity index (χ1n) is 7.67. The third-order valence-electron chi connectivity index (χ3n) is 3.94. The summed E-state index contributed by atoms with van der Waals surface area (Å²) in [7, 11) is 0. The highest BCUT2D eigenvalue weighted by Gasteiger charge is 2.20. The fourth-order valence-electron chi connectivity index (χ4n) is 2.71. The van der Waals surface area contributed by atoms with Crippen LogP contribution in [0.5, 0.6) is 0 Å². The lowest BCUT2D eigenvalue weighted by atomic mass is 10.2. The summed E-state index contributed by atoms with van der Waals surface area (Å²) < 4.78 is 1.66. The van der Waals surface area contributed by atoms with Gasteiger partial charge in [-0.15, -0.1) is 5.10 Å². The van der Waals surface area contributed by atoms with E-state index in [9.17, 15) is 4.79 Å². The van der Waals surface area contributed by atoms with Gasteiger partial charge in [-0.1, -0.05) is 47.9 Å². The number of carbonyl (C=O) groups is 1. The molecule has 2 aromatic rings. The van der Waals surface area contributed by atoms with Crippen LogP contribution in [0.3, 0.4) is 0 Å². The Kier molecular flexibility index (Phi) is 4.73. The molecular formula is C16H19ClN4O. The zero-order valence-electron chi connectivity index (χ0n) is 12.4. The van der Waals surface area contributed by atoms with Crippen molar-refractivity contribution in [3.05, 3.63) is 46.7 Å². The van der Waals surface area contributed by atoms with Crippen LogP contribution in [0, 0.1) is 0 Å². The molecule has 116 valence electrons. The molecule has 5 nitrogen and oxygen atoms in total. The number of rotatable bonds is 3. The molecule has 1 fully saturated rings. The Morgan fingerprint density at radius 1 is 1.14 bits per heavy atom. The Morgan fingerprint density at radius 2 is 1.86 bits per heavy atom. The van der Waals surface area contributed by atoms with Crippen molar-refractivity contribution in [1.29, 1.82) is 0 Å². The van der Waals surface area contributed by atoms with Crippen LogP contribution < -0.4 is 0 Å². The van der Waals surface area contributed by atoms with Gasteiger partial charge in [0, 0.05) is 18.1 Å². The summed E-state index contributed by atoms with van der Waals surface area (Å²) in [5.74, 6) is -0.0210. The van der Waals surface area contributed by atoms with Crippen molar-refractivity contribution in [2.45, 2.75) is 32.2 Å². The van der Waals surface area contributed by atoms with Gasteiger partial charge >= 0.3 is 0 Å². The summed E-state index contributed by atoms with van der Waals surface area (Å²) in [4.78, 5) is 14.4. The van der Waals surface area contributed by atoms with Crippen LogP contribution in [0.15, 0.2) is 30.5 Å². The molecule has 3 rings (SSSR count). The van der Waals surface area contributed by atoms with Gasteiger partial charge in [-0.25, -0.2) is 4.68 Å². The standard InChI is InChI=1S/C16H19ClN4O/c17-14-8-4-3-7-13(14)11-21-12-15(18-19-21)16(22)20-9-5-1-2-6-10-20/h3-4,7-8,12H,1-2,5-6,9-11H2. The number of halogens is 1. The zero-order valence-corrected chi connectivity index (χ0v) is 13.2. The SMILES string of the molecule is O=C(c1cn(Cc2ccccc2Cl)nn1)N1CCCCCC1. The molecule has 6 heteroatoms. The van der Waals surface area contributed by atoms with Crippen molar-refractivity contribution < 1.29 is 4.79 Å². The maximum atomic E-state index is 12.5. The highest BCUT2D eigenvalue weighted by molar-refractivity contribution is 6.31. The minimum atomic E-state index is -0.0210. The van der Waals surface area contributed by atoms with Crippen LogP contribution >= 0.6 is 11.6 Å². The van der Waals surface area contributed by atoms with Gasteiger partial charge in [0.25, 0.3) is 5.91 Å². The monoisotopic (exact) mass is 318 g/mol. The summed E-state index contributed by atoms with van der Waals surface area (Å²) in [5.41, 5.74) is 1.37. The van der Waals surface area contributed by atoms with Gasteiger partial charge in [-0.05, 0) is 24.5 Å². The van der Waals surface area contributed by atoms with Crippen molar-refractivity contribution in [2.75, 3.05) is 13.1 Å². The highest BCUT2D eigenvalue weighted by atomic mass is 35.5. The summed E-state index contributed by atoms with van der Waals surface area (Å²) >= 11 is 6.15. The molecule has 0 bridgehead atoms. The molecule has 22 heavy (non-hydrogen) atoms. The van der Waals surface area contributed by atoms with E-state index in [1.807, 2.05) is 29.2 Å². The molecule has 2 heterocycles. The molecule has 1 aromatic heterocycles. The zero-order chi connectivity index (χ0) is 15.4. The van der Waals surface area contributed by atoms with Crippen LogP contribution in [0.2, 0.25) is 5.02 Å². The van der Waals surface area contributed by atoms with Crippen LogP contribution in [0.1, 0.15) is 41.7 Å². The quantitative estimate of drug-likeness (QED) is 0.874. The molecule has 0 saturated carbocycles. The maximum Gasteiger partial charge on any atom is 0.276 e. The summed E-state index contributed by atoms with van der Waals surface area (Å²) in [5, 5.41) is 8.77. The number of likely N-dealkylation sites (tertiary alicyclic amines) is 1. The molecule has 0 unspecified atom stereocenters. The number of hydrogen-bond acceptors (Lipinski definition) is 3. The lowest BCUT2D eigenvalue weighted by molar-refractivity contribution is 0.0755. The first-order chi connectivity index (χ1) is 10.7. The second kappa shape index (κ2) is 6.92. The van der Waals surface area contributed by atoms with Gasteiger partial charge in [0.2, 0.25) is 0 Å². The molecule has 0 spiro atoms. The van der Waals surface area contributed by atoms with Crippen LogP contribution in [-0.4, -0.2) is 38.9 Å². The van der Waals surface area contributed by atoms with Crippen molar-refractivity contribution in [3.63, 3.8) is 0 Å². The molecule has 1 amide bonds. The third kappa shape index (κ3) is 3.47. The number of nitrogens with zero attached hydrogens (tertiary/aromatic N) is 4. The molecule has 0 aliphatic carbocycles. The van der Waals surface area contributed by atoms with E-state index in [0.29, 0.717) is 17.3 Å². The van der Waals surface area contributed by atoms with Crippen LogP contribution in [0.25, 0.3) is 0 Å². The van der Waals surface area contributed by atoms with E-state index in [1.54, 1.807) is 10.9 Å². The lowest BCUT2D eigenvalue weighted by Crippen LogP contribution is -2.32. The second-order valence-corrected chi connectivity index (χ2v) is 6.01. The fraction of sp³-hybridized carbons (Fsp3) is 0.438. The van der Waals surface area contributed by atoms with Gasteiger partial charge in [0.15, 0.2) is 5.69 Å². The number of aromatic nitrogens is 3. The molecule has 1 aromatic carbocycles. The predicted molar refractivity (Wildman–Crippen MR) is 84.9 cm³/mol. The van der Waals surface area contributed by atoms with Gasteiger partial charge in [0.1, 0.15) is 0 Å². The van der Waals surface area contributed by atoms with Gasteiger partial charge in [0.05, 0.1) is 12.7 Å². The molecular weight excluding hydrogens is 300 g/mol. The smallest absolute Gasteiger partial charge is 0.276 e. The van der Waals surface area contributed by atoms with E-state index < -0.39 is 0 Å². The summed E-state index contributed by atoms with van der Waals surface area (Å²) in [6.07, 6.45) is 6.24. The minimum absolute atomic E-state index is 0.0210. The van der Waals surface area contributed by atoms with Crippen molar-refractivity contribution >= 4 is 17.5 Å². The molecule has 0 atom stereocenters. The maximum absolute atomic E-state index is 12.5. The van der Waals surface area contributed by atoms with Crippen molar-refractivity contribution in [2.24, 2.45) is 0 Å². The van der Waals surface area contributed by atoms with E-state index in [4.69, 9.17) is 11.6 Å². The number of carbonyl (C=O) groups excluding carboxylic acids is 1. The average molecular weight is 319 g/mol. The van der Waals surface area contributed by atoms with Crippen LogP contribution in [0.4, 0.5) is 0 Å². The minimum Gasteiger partial charge on any atom is -0.337 e. The second-order valence-electron chi connectivity index (χ2n) is 5.60. The largest absolute Gasteiger partial charge is 0.337 e. The fourth-order valence-corrected chi connectivity index (χ4v) is 2.91. The number of benzene rings is 1. The first-order valence-corrected chi connectivity index (χ1v) is 8.04. The number of amides is 1. The average Bonchev–Trinajstić information content (AvgIpc) is 2.82. The normalized spacial score (nSPS) is 15.6. The summed E-state index contributed by atoms with van der Waals surface area (Å²) in [6.45, 7) is 2.15. The van der Waals surface area contributed by atoms with E-state index in [-0.39, 0.29) is 5.91 Å². The highest BCUT2D eigenvalue weighted by Crippen LogP contribution is 2.16. The number of hydrogen-bond donors (Lipinski definition) is 0.